The molecule has 0 bridgehead atoms. The number of benzene rings is 1. The van der Waals surface area contributed by atoms with Crippen molar-refractivity contribution in [2.75, 3.05) is 0 Å². The molecular weight excluding hydrogens is 214 g/mol. The van der Waals surface area contributed by atoms with E-state index in [1.54, 1.807) is 0 Å². The SMILES string of the molecule is CC(=O)Cc1cc(F)c(F)c(Cl)c1O. The summed E-state index contributed by atoms with van der Waals surface area (Å²) in [5.41, 5.74) is -0.0126. The van der Waals surface area contributed by atoms with Gasteiger partial charge in [-0.3, -0.25) is 4.79 Å². The molecule has 5 heteroatoms. The van der Waals surface area contributed by atoms with Crippen LogP contribution >= 0.6 is 11.6 Å². The van der Waals surface area contributed by atoms with Crippen LogP contribution in [0.2, 0.25) is 5.02 Å². The molecule has 0 heterocycles. The van der Waals surface area contributed by atoms with Gasteiger partial charge in [-0.15, -0.1) is 0 Å². The molecule has 0 saturated heterocycles. The lowest BCUT2D eigenvalue weighted by molar-refractivity contribution is -0.116. The molecule has 1 N–H and O–H groups in total. The summed E-state index contributed by atoms with van der Waals surface area (Å²) in [4.78, 5) is 10.7. The summed E-state index contributed by atoms with van der Waals surface area (Å²) in [5, 5.41) is 8.57. The Morgan fingerprint density at radius 1 is 1.57 bits per heavy atom. The molecule has 2 nitrogen and oxygen atoms in total. The fourth-order valence-corrected chi connectivity index (χ4v) is 1.25. The Morgan fingerprint density at radius 3 is 2.64 bits per heavy atom. The molecule has 1 aromatic carbocycles. The second kappa shape index (κ2) is 3.92. The number of rotatable bonds is 2. The van der Waals surface area contributed by atoms with Crippen LogP contribution in [0.25, 0.3) is 0 Å². The lowest BCUT2D eigenvalue weighted by Gasteiger charge is -2.05. The highest BCUT2D eigenvalue weighted by atomic mass is 35.5. The molecular formula is C9H7ClF2O2. The number of hydrogen-bond acceptors (Lipinski definition) is 2. The summed E-state index contributed by atoms with van der Waals surface area (Å²) in [6.45, 7) is 1.27. The van der Waals surface area contributed by atoms with E-state index in [0.29, 0.717) is 0 Å². The highest BCUT2D eigenvalue weighted by molar-refractivity contribution is 6.32. The summed E-state index contributed by atoms with van der Waals surface area (Å²) in [5.74, 6) is -3.34. The van der Waals surface area contributed by atoms with Gasteiger partial charge in [0.2, 0.25) is 0 Å². The molecule has 0 aromatic heterocycles. The van der Waals surface area contributed by atoms with E-state index in [2.05, 4.69) is 0 Å². The lowest BCUT2D eigenvalue weighted by atomic mass is 10.1. The van der Waals surface area contributed by atoms with E-state index in [4.69, 9.17) is 11.6 Å². The number of Topliss-reactive ketones (excluding diaryl/α,β-unsaturated/α-hetero) is 1. The van der Waals surface area contributed by atoms with Crippen LogP contribution in [0.5, 0.6) is 5.75 Å². The van der Waals surface area contributed by atoms with Gasteiger partial charge >= 0.3 is 0 Å². The van der Waals surface area contributed by atoms with Crippen LogP contribution in [0.4, 0.5) is 8.78 Å². The minimum atomic E-state index is -1.31. The summed E-state index contributed by atoms with van der Waals surface area (Å²) in [6.07, 6.45) is -0.178. The number of carbonyl (C=O) groups excluding carboxylic acids is 1. The van der Waals surface area contributed by atoms with Gasteiger partial charge in [0.05, 0.1) is 0 Å². The first kappa shape index (κ1) is 10.9. The van der Waals surface area contributed by atoms with Crippen molar-refractivity contribution in [3.05, 3.63) is 28.3 Å². The maximum absolute atomic E-state index is 12.8. The van der Waals surface area contributed by atoms with Gasteiger partial charge in [-0.25, -0.2) is 8.78 Å². The van der Waals surface area contributed by atoms with Crippen LogP contribution in [0.3, 0.4) is 0 Å². The van der Waals surface area contributed by atoms with Gasteiger partial charge in [0.15, 0.2) is 11.6 Å². The molecule has 0 saturated carbocycles. The van der Waals surface area contributed by atoms with E-state index in [1.807, 2.05) is 0 Å². The third-order valence-corrected chi connectivity index (χ3v) is 2.00. The zero-order valence-corrected chi connectivity index (χ0v) is 8.03. The highest BCUT2D eigenvalue weighted by Gasteiger charge is 2.16. The lowest BCUT2D eigenvalue weighted by Crippen LogP contribution is -1.99. The molecule has 0 amide bonds. The zero-order chi connectivity index (χ0) is 10.9. The Balaban J connectivity index is 3.25. The summed E-state index contributed by atoms with van der Waals surface area (Å²) in [6, 6.07) is 0.762. The molecule has 0 aliphatic carbocycles. The van der Waals surface area contributed by atoms with Crippen LogP contribution < -0.4 is 0 Å². The quantitative estimate of drug-likeness (QED) is 0.778. The normalized spacial score (nSPS) is 10.3. The Morgan fingerprint density at radius 2 is 2.14 bits per heavy atom. The average molecular weight is 221 g/mol. The molecule has 0 spiro atoms. The van der Waals surface area contributed by atoms with E-state index in [9.17, 15) is 18.7 Å². The third-order valence-electron chi connectivity index (χ3n) is 1.65. The Kier molecular flexibility index (Phi) is 3.06. The topological polar surface area (TPSA) is 37.3 Å². The minimum absolute atomic E-state index is 0.0126. The molecule has 0 fully saturated rings. The van der Waals surface area contributed by atoms with Gasteiger partial charge in [-0.2, -0.15) is 0 Å². The van der Waals surface area contributed by atoms with Crippen LogP contribution in [-0.2, 0) is 11.2 Å². The van der Waals surface area contributed by atoms with Crippen molar-refractivity contribution in [2.45, 2.75) is 13.3 Å². The van der Waals surface area contributed by atoms with Crippen LogP contribution in [0, 0.1) is 11.6 Å². The van der Waals surface area contributed by atoms with Crippen LogP contribution in [0.1, 0.15) is 12.5 Å². The molecule has 0 radical (unpaired) electrons. The van der Waals surface area contributed by atoms with Crippen molar-refractivity contribution in [1.29, 1.82) is 0 Å². The molecule has 0 unspecified atom stereocenters. The Labute approximate surface area is 84.1 Å². The number of phenolic OH excluding ortho intramolecular Hbond substituents is 1. The molecule has 1 aromatic rings. The molecule has 0 aliphatic rings. The van der Waals surface area contributed by atoms with Gasteiger partial charge in [-0.05, 0) is 13.0 Å². The number of hydrogen-bond donors (Lipinski definition) is 1. The van der Waals surface area contributed by atoms with Gasteiger partial charge in [0.1, 0.15) is 16.6 Å². The molecule has 0 atom stereocenters. The van der Waals surface area contributed by atoms with Crippen molar-refractivity contribution >= 4 is 17.4 Å². The van der Waals surface area contributed by atoms with Gasteiger partial charge in [-0.1, -0.05) is 11.6 Å². The Bertz CT molecular complexity index is 391. The Hall–Kier alpha value is -1.16. The van der Waals surface area contributed by atoms with E-state index in [-0.39, 0.29) is 17.8 Å². The summed E-state index contributed by atoms with van der Waals surface area (Å²) in [7, 11) is 0. The predicted molar refractivity (Wildman–Crippen MR) is 47.4 cm³/mol. The molecule has 14 heavy (non-hydrogen) atoms. The van der Waals surface area contributed by atoms with E-state index in [0.717, 1.165) is 6.07 Å². The molecule has 1 rings (SSSR count). The van der Waals surface area contributed by atoms with Gasteiger partial charge in [0.25, 0.3) is 0 Å². The third kappa shape index (κ3) is 2.01. The van der Waals surface area contributed by atoms with E-state index >= 15 is 0 Å². The number of carbonyl (C=O) groups is 1. The fourth-order valence-electron chi connectivity index (χ4n) is 1.04. The second-order valence-corrected chi connectivity index (χ2v) is 3.25. The van der Waals surface area contributed by atoms with E-state index in [1.165, 1.54) is 6.92 Å². The predicted octanol–water partition coefficient (Wildman–Crippen LogP) is 2.46. The smallest absolute Gasteiger partial charge is 0.181 e. The zero-order valence-electron chi connectivity index (χ0n) is 7.27. The molecule has 76 valence electrons. The number of phenols is 1. The second-order valence-electron chi connectivity index (χ2n) is 2.87. The van der Waals surface area contributed by atoms with Crippen molar-refractivity contribution in [1.82, 2.24) is 0 Å². The average Bonchev–Trinajstić information content (AvgIpc) is 2.10. The fraction of sp³-hybridized carbons (Fsp3) is 0.222. The number of ketones is 1. The van der Waals surface area contributed by atoms with Crippen molar-refractivity contribution in [3.63, 3.8) is 0 Å². The van der Waals surface area contributed by atoms with Gasteiger partial charge in [0, 0.05) is 12.0 Å². The maximum Gasteiger partial charge on any atom is 0.181 e. The van der Waals surface area contributed by atoms with Crippen molar-refractivity contribution in [2.24, 2.45) is 0 Å². The number of aromatic hydroxyl groups is 1. The van der Waals surface area contributed by atoms with Crippen molar-refractivity contribution in [3.8, 4) is 5.75 Å². The number of halogens is 3. The maximum atomic E-state index is 12.8. The van der Waals surface area contributed by atoms with Crippen LogP contribution in [0.15, 0.2) is 6.07 Å². The van der Waals surface area contributed by atoms with Crippen molar-refractivity contribution < 1.29 is 18.7 Å². The first-order chi connectivity index (χ1) is 6.43. The summed E-state index contributed by atoms with van der Waals surface area (Å²) < 4.78 is 25.5. The highest BCUT2D eigenvalue weighted by Crippen LogP contribution is 2.32. The minimum Gasteiger partial charge on any atom is -0.506 e. The largest absolute Gasteiger partial charge is 0.506 e. The van der Waals surface area contributed by atoms with Crippen LogP contribution in [-0.4, -0.2) is 10.9 Å². The standard InChI is InChI=1S/C9H7ClF2O2/c1-4(13)2-5-3-6(11)8(12)7(10)9(5)14/h3,14H,2H2,1H3. The monoisotopic (exact) mass is 220 g/mol. The first-order valence-electron chi connectivity index (χ1n) is 3.78. The summed E-state index contributed by atoms with van der Waals surface area (Å²) >= 11 is 5.30. The van der Waals surface area contributed by atoms with E-state index < -0.39 is 22.4 Å². The first-order valence-corrected chi connectivity index (χ1v) is 4.16. The van der Waals surface area contributed by atoms with Gasteiger partial charge < -0.3 is 5.11 Å². The molecule has 0 aliphatic heterocycles.